The van der Waals surface area contributed by atoms with E-state index in [1.54, 1.807) is 23.3 Å². The lowest BCUT2D eigenvalue weighted by atomic mass is 10.2. The number of halogens is 1. The summed E-state index contributed by atoms with van der Waals surface area (Å²) in [5, 5.41) is 11.2. The van der Waals surface area contributed by atoms with E-state index in [9.17, 15) is 14.0 Å². The number of amides is 1. The summed E-state index contributed by atoms with van der Waals surface area (Å²) in [6, 6.07) is 3.24. The summed E-state index contributed by atoms with van der Waals surface area (Å²) in [5.41, 5.74) is -0.225. The zero-order chi connectivity index (χ0) is 14.5. The fraction of sp³-hybridized carbons (Fsp3) is 0.154. The van der Waals surface area contributed by atoms with E-state index in [-0.39, 0.29) is 17.7 Å². The number of anilines is 1. The largest absolute Gasteiger partial charge is 0.478 e. The lowest BCUT2D eigenvalue weighted by molar-refractivity contribution is -0.116. The number of carbonyl (C=O) groups excluding carboxylic acids is 1. The molecule has 2 rings (SSSR count). The van der Waals surface area contributed by atoms with Crippen LogP contribution in [0.25, 0.3) is 0 Å². The number of hydrogen-bond acceptors (Lipinski definition) is 3. The van der Waals surface area contributed by atoms with Crippen LogP contribution in [0.4, 0.5) is 10.1 Å². The Balaban J connectivity index is 2.00. The monoisotopic (exact) mass is 277 g/mol. The second-order valence-electron chi connectivity index (χ2n) is 4.10. The van der Waals surface area contributed by atoms with Gasteiger partial charge < -0.3 is 15.0 Å². The van der Waals surface area contributed by atoms with Gasteiger partial charge in [0.05, 0.1) is 17.6 Å². The number of carbonyl (C=O) groups is 2. The van der Waals surface area contributed by atoms with Crippen LogP contribution in [0.5, 0.6) is 0 Å². The van der Waals surface area contributed by atoms with Gasteiger partial charge in [-0.25, -0.2) is 14.2 Å². The number of aromatic nitrogens is 2. The summed E-state index contributed by atoms with van der Waals surface area (Å²) < 4.78 is 15.2. The van der Waals surface area contributed by atoms with E-state index in [0.717, 1.165) is 18.2 Å². The molecule has 0 radical (unpaired) electrons. The second kappa shape index (κ2) is 5.96. The molecule has 1 aromatic carbocycles. The Morgan fingerprint density at radius 3 is 2.85 bits per heavy atom. The van der Waals surface area contributed by atoms with Crippen molar-refractivity contribution in [1.82, 2.24) is 9.55 Å². The molecule has 0 saturated carbocycles. The molecule has 0 fully saturated rings. The Bertz CT molecular complexity index is 626. The number of nitrogens with one attached hydrogen (secondary N) is 1. The Morgan fingerprint density at radius 1 is 1.40 bits per heavy atom. The highest BCUT2D eigenvalue weighted by Crippen LogP contribution is 2.16. The van der Waals surface area contributed by atoms with Gasteiger partial charge in [-0.2, -0.15) is 0 Å². The normalized spacial score (nSPS) is 10.2. The first kappa shape index (κ1) is 13.7. The summed E-state index contributed by atoms with van der Waals surface area (Å²) in [5.74, 6) is -2.26. The highest BCUT2D eigenvalue weighted by Gasteiger charge is 2.11. The molecule has 0 atom stereocenters. The summed E-state index contributed by atoms with van der Waals surface area (Å²) in [6.45, 7) is 0.409. The number of aryl methyl sites for hydroxylation is 1. The molecule has 0 saturated heterocycles. The maximum absolute atomic E-state index is 13.5. The number of rotatable bonds is 5. The summed E-state index contributed by atoms with van der Waals surface area (Å²) in [6.07, 6.45) is 5.00. The van der Waals surface area contributed by atoms with E-state index in [2.05, 4.69) is 10.3 Å². The molecule has 1 amide bonds. The third kappa shape index (κ3) is 3.41. The fourth-order valence-electron chi connectivity index (χ4n) is 1.62. The van der Waals surface area contributed by atoms with Gasteiger partial charge in [-0.3, -0.25) is 4.79 Å². The van der Waals surface area contributed by atoms with Crippen molar-refractivity contribution < 1.29 is 19.1 Å². The number of carboxylic acids is 1. The minimum atomic E-state index is -1.18. The van der Waals surface area contributed by atoms with Gasteiger partial charge in [0.1, 0.15) is 5.82 Å². The first-order valence-corrected chi connectivity index (χ1v) is 5.84. The van der Waals surface area contributed by atoms with Crippen molar-refractivity contribution in [2.75, 3.05) is 5.32 Å². The van der Waals surface area contributed by atoms with Crippen LogP contribution < -0.4 is 5.32 Å². The lowest BCUT2D eigenvalue weighted by Gasteiger charge is -2.07. The van der Waals surface area contributed by atoms with Gasteiger partial charge in [0, 0.05) is 25.4 Å². The van der Waals surface area contributed by atoms with E-state index in [4.69, 9.17) is 5.11 Å². The van der Waals surface area contributed by atoms with E-state index >= 15 is 0 Å². The highest BCUT2D eigenvalue weighted by atomic mass is 19.1. The molecule has 0 aliphatic rings. The standard InChI is InChI=1S/C13H12FN3O3/c14-10-2-1-9(13(19)20)7-11(10)16-12(18)3-5-17-6-4-15-8-17/h1-2,4,6-8H,3,5H2,(H,16,18)(H,19,20). The van der Waals surface area contributed by atoms with E-state index in [1.807, 2.05) is 0 Å². The smallest absolute Gasteiger partial charge is 0.335 e. The molecular weight excluding hydrogens is 265 g/mol. The Hall–Kier alpha value is -2.70. The van der Waals surface area contributed by atoms with Gasteiger partial charge in [0.15, 0.2) is 0 Å². The van der Waals surface area contributed by atoms with Gasteiger partial charge in [-0.1, -0.05) is 0 Å². The molecule has 1 heterocycles. The van der Waals surface area contributed by atoms with Crippen LogP contribution in [0.1, 0.15) is 16.8 Å². The molecule has 0 aliphatic heterocycles. The Kier molecular flexibility index (Phi) is 4.09. The van der Waals surface area contributed by atoms with Crippen molar-refractivity contribution in [2.24, 2.45) is 0 Å². The highest BCUT2D eigenvalue weighted by molar-refractivity contribution is 5.94. The molecule has 0 bridgehead atoms. The van der Waals surface area contributed by atoms with Crippen molar-refractivity contribution >= 4 is 17.6 Å². The maximum atomic E-state index is 13.5. The number of imidazole rings is 1. The SMILES string of the molecule is O=C(CCn1ccnc1)Nc1cc(C(=O)O)ccc1F. The first-order chi connectivity index (χ1) is 9.56. The van der Waals surface area contributed by atoms with Crippen molar-refractivity contribution in [3.63, 3.8) is 0 Å². The van der Waals surface area contributed by atoms with Crippen LogP contribution in [-0.4, -0.2) is 26.5 Å². The molecule has 6 nitrogen and oxygen atoms in total. The molecule has 0 aliphatic carbocycles. The zero-order valence-electron chi connectivity index (χ0n) is 10.4. The quantitative estimate of drug-likeness (QED) is 0.872. The van der Waals surface area contributed by atoms with Crippen LogP contribution in [0.2, 0.25) is 0 Å². The molecular formula is C13H12FN3O3. The van der Waals surface area contributed by atoms with Crippen molar-refractivity contribution in [3.8, 4) is 0 Å². The Labute approximate surface area is 113 Å². The van der Waals surface area contributed by atoms with Gasteiger partial charge in [-0.15, -0.1) is 0 Å². The molecule has 0 spiro atoms. The fourth-order valence-corrected chi connectivity index (χ4v) is 1.62. The molecule has 1 aromatic heterocycles. The van der Waals surface area contributed by atoms with Crippen LogP contribution >= 0.6 is 0 Å². The topological polar surface area (TPSA) is 84.2 Å². The van der Waals surface area contributed by atoms with E-state index < -0.39 is 17.7 Å². The molecule has 7 heteroatoms. The van der Waals surface area contributed by atoms with Crippen LogP contribution in [0, 0.1) is 5.82 Å². The first-order valence-electron chi connectivity index (χ1n) is 5.84. The minimum Gasteiger partial charge on any atom is -0.478 e. The van der Waals surface area contributed by atoms with E-state index in [0.29, 0.717) is 6.54 Å². The second-order valence-corrected chi connectivity index (χ2v) is 4.10. The van der Waals surface area contributed by atoms with Crippen molar-refractivity contribution in [1.29, 1.82) is 0 Å². The summed E-state index contributed by atoms with van der Waals surface area (Å²) in [7, 11) is 0. The number of hydrogen-bond donors (Lipinski definition) is 2. The minimum absolute atomic E-state index is 0.0868. The zero-order valence-corrected chi connectivity index (χ0v) is 10.4. The molecule has 2 aromatic rings. The van der Waals surface area contributed by atoms with Crippen LogP contribution in [0.15, 0.2) is 36.9 Å². The van der Waals surface area contributed by atoms with Crippen molar-refractivity contribution in [2.45, 2.75) is 13.0 Å². The number of nitrogens with zero attached hydrogens (tertiary/aromatic N) is 2. The number of carboxylic acid groups (broad SMARTS) is 1. The molecule has 104 valence electrons. The molecule has 20 heavy (non-hydrogen) atoms. The van der Waals surface area contributed by atoms with Crippen LogP contribution in [0.3, 0.4) is 0 Å². The summed E-state index contributed by atoms with van der Waals surface area (Å²) in [4.78, 5) is 26.3. The average Bonchev–Trinajstić information content (AvgIpc) is 2.92. The van der Waals surface area contributed by atoms with Gasteiger partial charge in [0.25, 0.3) is 0 Å². The lowest BCUT2D eigenvalue weighted by Crippen LogP contribution is -2.15. The molecule has 2 N–H and O–H groups in total. The van der Waals surface area contributed by atoms with Gasteiger partial charge >= 0.3 is 5.97 Å². The maximum Gasteiger partial charge on any atom is 0.335 e. The Morgan fingerprint density at radius 2 is 2.20 bits per heavy atom. The van der Waals surface area contributed by atoms with Crippen LogP contribution in [-0.2, 0) is 11.3 Å². The van der Waals surface area contributed by atoms with Gasteiger partial charge in [-0.05, 0) is 18.2 Å². The predicted molar refractivity (Wildman–Crippen MR) is 68.8 cm³/mol. The van der Waals surface area contributed by atoms with Gasteiger partial charge in [0.2, 0.25) is 5.91 Å². The predicted octanol–water partition coefficient (Wildman–Crippen LogP) is 1.75. The third-order valence-corrected chi connectivity index (χ3v) is 2.64. The molecule has 0 unspecified atom stereocenters. The van der Waals surface area contributed by atoms with E-state index in [1.165, 1.54) is 0 Å². The summed E-state index contributed by atoms with van der Waals surface area (Å²) >= 11 is 0. The number of benzene rings is 1. The average molecular weight is 277 g/mol. The number of aromatic carboxylic acids is 1. The third-order valence-electron chi connectivity index (χ3n) is 2.64. The van der Waals surface area contributed by atoms with Crippen molar-refractivity contribution in [3.05, 3.63) is 48.3 Å².